The minimum Gasteiger partial charge on any atom is -0.468 e. The fourth-order valence-corrected chi connectivity index (χ4v) is 1.48. The Hall–Kier alpha value is -0.650. The molecule has 2 atom stereocenters. The van der Waals surface area contributed by atoms with Crippen LogP contribution >= 0.6 is 0 Å². The molecule has 108 valence electrons. The molecule has 0 aliphatic rings. The quantitative estimate of drug-likeness (QED) is 0.430. The lowest BCUT2D eigenvalue weighted by Crippen LogP contribution is -2.40. The number of esters is 1. The second-order valence-electron chi connectivity index (χ2n) is 4.44. The predicted molar refractivity (Wildman–Crippen MR) is 70.4 cm³/mol. The summed E-state index contributed by atoms with van der Waals surface area (Å²) >= 11 is 0. The van der Waals surface area contributed by atoms with Crippen LogP contribution in [0.25, 0.3) is 0 Å². The Balaban J connectivity index is 3.42. The summed E-state index contributed by atoms with van der Waals surface area (Å²) in [6, 6.07) is -0.408. The first kappa shape index (κ1) is 17.4. The number of ether oxygens (including phenoxy) is 2. The van der Waals surface area contributed by atoms with E-state index in [0.717, 1.165) is 6.42 Å². The van der Waals surface area contributed by atoms with Gasteiger partial charge in [0.05, 0.1) is 19.8 Å². The third-order valence-corrected chi connectivity index (χ3v) is 2.67. The van der Waals surface area contributed by atoms with Crippen LogP contribution in [-0.2, 0) is 14.3 Å². The maximum Gasteiger partial charge on any atom is 0.322 e. The zero-order valence-electron chi connectivity index (χ0n) is 11.8. The van der Waals surface area contributed by atoms with Crippen LogP contribution in [0, 0.1) is 0 Å². The first-order valence-electron chi connectivity index (χ1n) is 6.68. The third kappa shape index (κ3) is 9.39. The summed E-state index contributed by atoms with van der Waals surface area (Å²) in [6.45, 7) is 5.17. The molecule has 0 rings (SSSR count). The molecule has 0 aliphatic carbocycles. The highest BCUT2D eigenvalue weighted by molar-refractivity contribution is 5.75. The van der Waals surface area contributed by atoms with Crippen molar-refractivity contribution in [1.82, 2.24) is 5.32 Å². The van der Waals surface area contributed by atoms with Crippen molar-refractivity contribution in [2.24, 2.45) is 0 Å². The molecule has 2 N–H and O–H groups in total. The van der Waals surface area contributed by atoms with Crippen molar-refractivity contribution in [3.05, 3.63) is 0 Å². The van der Waals surface area contributed by atoms with E-state index in [2.05, 4.69) is 17.0 Å². The van der Waals surface area contributed by atoms with Crippen molar-refractivity contribution in [2.75, 3.05) is 26.9 Å². The summed E-state index contributed by atoms with van der Waals surface area (Å²) in [5, 5.41) is 12.5. The SMILES string of the molecule is CCCCCCOCC(O)CNC(C)C(=O)OC. The van der Waals surface area contributed by atoms with Crippen LogP contribution < -0.4 is 5.32 Å². The molecule has 5 heteroatoms. The van der Waals surface area contributed by atoms with Gasteiger partial charge >= 0.3 is 5.97 Å². The van der Waals surface area contributed by atoms with Crippen LogP contribution in [-0.4, -0.2) is 50.1 Å². The van der Waals surface area contributed by atoms with E-state index in [-0.39, 0.29) is 5.97 Å². The fraction of sp³-hybridized carbons (Fsp3) is 0.923. The Morgan fingerprint density at radius 1 is 1.33 bits per heavy atom. The van der Waals surface area contributed by atoms with Crippen molar-refractivity contribution < 1.29 is 19.4 Å². The normalized spacial score (nSPS) is 14.2. The molecule has 0 amide bonds. The maximum atomic E-state index is 11.1. The number of rotatable bonds is 11. The van der Waals surface area contributed by atoms with Gasteiger partial charge in [-0.15, -0.1) is 0 Å². The van der Waals surface area contributed by atoms with E-state index >= 15 is 0 Å². The van der Waals surface area contributed by atoms with E-state index in [9.17, 15) is 9.90 Å². The summed E-state index contributed by atoms with van der Waals surface area (Å²) < 4.78 is 9.92. The van der Waals surface area contributed by atoms with Gasteiger partial charge in [0.15, 0.2) is 0 Å². The zero-order chi connectivity index (χ0) is 13.8. The first-order valence-corrected chi connectivity index (χ1v) is 6.68. The van der Waals surface area contributed by atoms with Crippen molar-refractivity contribution in [3.63, 3.8) is 0 Å². The number of carbonyl (C=O) groups excluding carboxylic acids is 1. The summed E-state index contributed by atoms with van der Waals surface area (Å²) in [5.74, 6) is -0.331. The molecule has 0 heterocycles. The van der Waals surface area contributed by atoms with Gasteiger partial charge in [0.2, 0.25) is 0 Å². The van der Waals surface area contributed by atoms with Crippen molar-refractivity contribution in [1.29, 1.82) is 0 Å². The summed E-state index contributed by atoms with van der Waals surface area (Å²) in [5.41, 5.74) is 0. The average molecular weight is 261 g/mol. The molecular weight excluding hydrogens is 234 g/mol. The Kier molecular flexibility index (Phi) is 11.0. The van der Waals surface area contributed by atoms with Gasteiger partial charge in [-0.25, -0.2) is 0 Å². The number of carbonyl (C=O) groups is 1. The standard InChI is InChI=1S/C13H27NO4/c1-4-5-6-7-8-18-10-12(15)9-14-11(2)13(16)17-3/h11-12,14-15H,4-10H2,1-3H3. The molecule has 0 aromatic carbocycles. The molecular formula is C13H27NO4. The molecule has 2 unspecified atom stereocenters. The summed E-state index contributed by atoms with van der Waals surface area (Å²) in [7, 11) is 1.34. The monoisotopic (exact) mass is 261 g/mol. The lowest BCUT2D eigenvalue weighted by Gasteiger charge is -2.15. The molecule has 0 saturated heterocycles. The molecule has 0 aliphatic heterocycles. The highest BCUT2D eigenvalue weighted by Gasteiger charge is 2.13. The number of methoxy groups -OCH3 is 1. The van der Waals surface area contributed by atoms with Crippen LogP contribution in [0.4, 0.5) is 0 Å². The summed E-state index contributed by atoms with van der Waals surface area (Å²) in [4.78, 5) is 11.1. The van der Waals surface area contributed by atoms with Crippen molar-refractivity contribution in [2.45, 2.75) is 51.7 Å². The zero-order valence-corrected chi connectivity index (χ0v) is 11.8. The number of hydrogen-bond donors (Lipinski definition) is 2. The number of unbranched alkanes of at least 4 members (excludes halogenated alkanes) is 3. The van der Waals surface area contributed by atoms with Gasteiger partial charge in [-0.3, -0.25) is 4.79 Å². The van der Waals surface area contributed by atoms with Crippen molar-refractivity contribution >= 4 is 5.97 Å². The van der Waals surface area contributed by atoms with Gasteiger partial charge in [0.1, 0.15) is 6.04 Å². The molecule has 0 fully saturated rings. The van der Waals surface area contributed by atoms with Crippen LogP contribution in [0.2, 0.25) is 0 Å². The Labute approximate surface area is 110 Å². The second kappa shape index (κ2) is 11.4. The van der Waals surface area contributed by atoms with Gasteiger partial charge in [-0.2, -0.15) is 0 Å². The summed E-state index contributed by atoms with van der Waals surface area (Å²) in [6.07, 6.45) is 4.04. The van der Waals surface area contributed by atoms with E-state index in [0.29, 0.717) is 19.8 Å². The molecule has 0 spiro atoms. The minimum atomic E-state index is -0.594. The Morgan fingerprint density at radius 2 is 2.06 bits per heavy atom. The smallest absolute Gasteiger partial charge is 0.322 e. The molecule has 0 bridgehead atoms. The lowest BCUT2D eigenvalue weighted by molar-refractivity contribution is -0.142. The topological polar surface area (TPSA) is 67.8 Å². The van der Waals surface area contributed by atoms with E-state index in [1.54, 1.807) is 6.92 Å². The number of aliphatic hydroxyl groups is 1. The lowest BCUT2D eigenvalue weighted by atomic mass is 10.2. The Bertz CT molecular complexity index is 211. The molecule has 18 heavy (non-hydrogen) atoms. The second-order valence-corrected chi connectivity index (χ2v) is 4.44. The number of aliphatic hydroxyl groups excluding tert-OH is 1. The predicted octanol–water partition coefficient (Wildman–Crippen LogP) is 1.10. The third-order valence-electron chi connectivity index (χ3n) is 2.67. The minimum absolute atomic E-state index is 0.299. The molecule has 0 radical (unpaired) electrons. The highest BCUT2D eigenvalue weighted by atomic mass is 16.5. The highest BCUT2D eigenvalue weighted by Crippen LogP contribution is 1.99. The van der Waals surface area contributed by atoms with Gasteiger partial charge in [0.25, 0.3) is 0 Å². The molecule has 5 nitrogen and oxygen atoms in total. The Morgan fingerprint density at radius 3 is 2.67 bits per heavy atom. The van der Waals surface area contributed by atoms with Gasteiger partial charge in [0, 0.05) is 13.2 Å². The van der Waals surface area contributed by atoms with Crippen LogP contribution in [0.15, 0.2) is 0 Å². The van der Waals surface area contributed by atoms with Gasteiger partial charge in [-0.05, 0) is 13.3 Å². The van der Waals surface area contributed by atoms with Gasteiger partial charge in [-0.1, -0.05) is 26.2 Å². The first-order chi connectivity index (χ1) is 8.61. The fourth-order valence-electron chi connectivity index (χ4n) is 1.48. The van der Waals surface area contributed by atoms with Crippen LogP contribution in [0.5, 0.6) is 0 Å². The number of hydrogen-bond acceptors (Lipinski definition) is 5. The number of nitrogens with one attached hydrogen (secondary N) is 1. The largest absolute Gasteiger partial charge is 0.468 e. The van der Waals surface area contributed by atoms with Crippen LogP contribution in [0.1, 0.15) is 39.5 Å². The van der Waals surface area contributed by atoms with E-state index in [1.165, 1.54) is 26.4 Å². The molecule has 0 aromatic rings. The van der Waals surface area contributed by atoms with E-state index in [4.69, 9.17) is 4.74 Å². The maximum absolute atomic E-state index is 11.1. The molecule has 0 saturated carbocycles. The van der Waals surface area contributed by atoms with Gasteiger partial charge < -0.3 is 19.9 Å². The average Bonchev–Trinajstić information content (AvgIpc) is 2.38. The molecule has 0 aromatic heterocycles. The van der Waals surface area contributed by atoms with Crippen molar-refractivity contribution in [3.8, 4) is 0 Å². The van der Waals surface area contributed by atoms with Crippen LogP contribution in [0.3, 0.4) is 0 Å². The van der Waals surface area contributed by atoms with E-state index < -0.39 is 12.1 Å². The van der Waals surface area contributed by atoms with E-state index in [1.807, 2.05) is 0 Å².